The first-order valence-electron chi connectivity index (χ1n) is 7.12. The highest BCUT2D eigenvalue weighted by atomic mass is 35.5. The number of halogens is 3. The molecule has 1 aromatic carbocycles. The Morgan fingerprint density at radius 1 is 1.38 bits per heavy atom. The average molecular weight is 351 g/mol. The standard InChI is InChI=1S/C16H13ClF2N4O/c1-9-6-13(14(18)19)23-15(22-9)11(8-21-23)16(24)20-7-10-4-2-3-5-12(10)17/h2-6,8,14H,7H2,1H3,(H,20,24). The summed E-state index contributed by atoms with van der Waals surface area (Å²) < 4.78 is 27.2. The van der Waals surface area contributed by atoms with Gasteiger partial charge in [-0.25, -0.2) is 18.3 Å². The van der Waals surface area contributed by atoms with E-state index in [-0.39, 0.29) is 23.4 Å². The molecular weight excluding hydrogens is 338 g/mol. The molecule has 0 aliphatic heterocycles. The summed E-state index contributed by atoms with van der Waals surface area (Å²) in [6.07, 6.45) is -1.48. The number of nitrogens with zero attached hydrogens (tertiary/aromatic N) is 3. The van der Waals surface area contributed by atoms with Crippen LogP contribution in [0.5, 0.6) is 0 Å². The maximum Gasteiger partial charge on any atom is 0.280 e. The van der Waals surface area contributed by atoms with Gasteiger partial charge in [0.15, 0.2) is 5.65 Å². The van der Waals surface area contributed by atoms with Gasteiger partial charge in [-0.2, -0.15) is 5.10 Å². The van der Waals surface area contributed by atoms with E-state index in [0.717, 1.165) is 10.1 Å². The van der Waals surface area contributed by atoms with E-state index in [1.807, 2.05) is 6.07 Å². The zero-order valence-electron chi connectivity index (χ0n) is 12.6. The minimum absolute atomic E-state index is 0.0990. The molecule has 0 spiro atoms. The number of carbonyl (C=O) groups excluding carboxylic acids is 1. The normalized spacial score (nSPS) is 11.2. The number of aryl methyl sites for hydroxylation is 1. The van der Waals surface area contributed by atoms with Crippen molar-refractivity contribution in [2.75, 3.05) is 0 Å². The van der Waals surface area contributed by atoms with Crippen molar-refractivity contribution in [1.82, 2.24) is 19.9 Å². The molecular formula is C16H13ClF2N4O. The first-order valence-corrected chi connectivity index (χ1v) is 7.50. The van der Waals surface area contributed by atoms with Gasteiger partial charge in [0.2, 0.25) is 0 Å². The molecule has 0 aliphatic rings. The van der Waals surface area contributed by atoms with Gasteiger partial charge >= 0.3 is 0 Å². The van der Waals surface area contributed by atoms with Crippen LogP contribution in [0.15, 0.2) is 36.5 Å². The first kappa shape index (κ1) is 16.3. The fourth-order valence-electron chi connectivity index (χ4n) is 2.34. The van der Waals surface area contributed by atoms with Crippen molar-refractivity contribution in [3.8, 4) is 0 Å². The molecule has 124 valence electrons. The number of amides is 1. The molecule has 2 aromatic heterocycles. The summed E-state index contributed by atoms with van der Waals surface area (Å²) in [6.45, 7) is 1.80. The lowest BCUT2D eigenvalue weighted by molar-refractivity contribution is 0.0952. The smallest absolute Gasteiger partial charge is 0.280 e. The van der Waals surface area contributed by atoms with Crippen LogP contribution in [0.1, 0.15) is 33.7 Å². The fourth-order valence-corrected chi connectivity index (χ4v) is 2.54. The third-order valence-electron chi connectivity index (χ3n) is 3.49. The van der Waals surface area contributed by atoms with Crippen LogP contribution < -0.4 is 5.32 Å². The molecule has 0 fully saturated rings. The molecule has 8 heteroatoms. The van der Waals surface area contributed by atoms with Crippen molar-refractivity contribution in [3.05, 3.63) is 64.1 Å². The van der Waals surface area contributed by atoms with Gasteiger partial charge in [0.1, 0.15) is 11.3 Å². The molecule has 0 aliphatic carbocycles. The van der Waals surface area contributed by atoms with Crippen LogP contribution in [0, 0.1) is 6.92 Å². The molecule has 0 atom stereocenters. The monoisotopic (exact) mass is 350 g/mol. The summed E-state index contributed by atoms with van der Waals surface area (Å²) in [5.74, 6) is -0.455. The van der Waals surface area contributed by atoms with Gasteiger partial charge in [-0.05, 0) is 24.6 Å². The van der Waals surface area contributed by atoms with Crippen molar-refractivity contribution in [3.63, 3.8) is 0 Å². The molecule has 1 N–H and O–H groups in total. The molecule has 5 nitrogen and oxygen atoms in total. The number of fused-ring (bicyclic) bond motifs is 1. The van der Waals surface area contributed by atoms with E-state index in [4.69, 9.17) is 11.6 Å². The first-order chi connectivity index (χ1) is 11.5. The fraction of sp³-hybridized carbons (Fsp3) is 0.188. The van der Waals surface area contributed by atoms with Crippen LogP contribution in [0.3, 0.4) is 0 Å². The van der Waals surface area contributed by atoms with Gasteiger partial charge in [-0.1, -0.05) is 29.8 Å². The Labute approximate surface area is 141 Å². The van der Waals surface area contributed by atoms with E-state index in [1.54, 1.807) is 25.1 Å². The van der Waals surface area contributed by atoms with Crippen LogP contribution in [0.4, 0.5) is 8.78 Å². The second kappa shape index (κ2) is 6.52. The number of rotatable bonds is 4. The summed E-state index contributed by atoms with van der Waals surface area (Å²) >= 11 is 6.04. The Balaban J connectivity index is 1.89. The number of hydrogen-bond donors (Lipinski definition) is 1. The minimum atomic E-state index is -2.71. The Hall–Kier alpha value is -2.54. The Bertz CT molecular complexity index is 910. The van der Waals surface area contributed by atoms with E-state index in [2.05, 4.69) is 15.4 Å². The van der Waals surface area contributed by atoms with Gasteiger partial charge in [0.05, 0.1) is 6.20 Å². The van der Waals surface area contributed by atoms with E-state index >= 15 is 0 Å². The molecule has 1 amide bonds. The minimum Gasteiger partial charge on any atom is -0.348 e. The summed E-state index contributed by atoms with van der Waals surface area (Å²) in [6, 6.07) is 8.35. The van der Waals surface area contributed by atoms with Gasteiger partial charge < -0.3 is 5.32 Å². The third kappa shape index (κ3) is 3.07. The van der Waals surface area contributed by atoms with Crippen molar-refractivity contribution in [1.29, 1.82) is 0 Å². The topological polar surface area (TPSA) is 59.3 Å². The second-order valence-corrected chi connectivity index (χ2v) is 5.60. The lowest BCUT2D eigenvalue weighted by Crippen LogP contribution is -2.23. The molecule has 3 rings (SSSR count). The lowest BCUT2D eigenvalue weighted by atomic mass is 10.2. The van der Waals surface area contributed by atoms with Gasteiger partial charge in [0.25, 0.3) is 12.3 Å². The highest BCUT2D eigenvalue weighted by Gasteiger charge is 2.20. The molecule has 24 heavy (non-hydrogen) atoms. The molecule has 0 saturated carbocycles. The molecule has 0 unspecified atom stereocenters. The Morgan fingerprint density at radius 2 is 2.12 bits per heavy atom. The summed E-state index contributed by atoms with van der Waals surface area (Å²) in [5.41, 5.74) is 1.07. The van der Waals surface area contributed by atoms with E-state index in [1.165, 1.54) is 12.3 Å². The van der Waals surface area contributed by atoms with Crippen LogP contribution >= 0.6 is 11.6 Å². The maximum atomic E-state index is 13.1. The summed E-state index contributed by atoms with van der Waals surface area (Å²) in [7, 11) is 0. The molecule has 0 radical (unpaired) electrons. The number of hydrogen-bond acceptors (Lipinski definition) is 3. The summed E-state index contributed by atoms with van der Waals surface area (Å²) in [5, 5.41) is 7.09. The van der Waals surface area contributed by atoms with Crippen LogP contribution in [0.2, 0.25) is 5.02 Å². The number of aromatic nitrogens is 3. The number of alkyl halides is 2. The highest BCUT2D eigenvalue weighted by molar-refractivity contribution is 6.31. The number of carbonyl (C=O) groups is 1. The average Bonchev–Trinajstić information content (AvgIpc) is 2.96. The Morgan fingerprint density at radius 3 is 2.83 bits per heavy atom. The van der Waals surface area contributed by atoms with Crippen LogP contribution in [-0.4, -0.2) is 20.5 Å². The molecule has 0 saturated heterocycles. The predicted molar refractivity (Wildman–Crippen MR) is 85.3 cm³/mol. The van der Waals surface area contributed by atoms with Gasteiger partial charge in [-0.15, -0.1) is 0 Å². The summed E-state index contributed by atoms with van der Waals surface area (Å²) in [4.78, 5) is 16.5. The zero-order valence-corrected chi connectivity index (χ0v) is 13.4. The van der Waals surface area contributed by atoms with E-state index < -0.39 is 12.3 Å². The van der Waals surface area contributed by atoms with E-state index in [0.29, 0.717) is 10.7 Å². The zero-order chi connectivity index (χ0) is 17.3. The van der Waals surface area contributed by atoms with Crippen molar-refractivity contribution < 1.29 is 13.6 Å². The second-order valence-electron chi connectivity index (χ2n) is 5.19. The van der Waals surface area contributed by atoms with Crippen molar-refractivity contribution in [2.24, 2.45) is 0 Å². The molecule has 3 aromatic rings. The Kier molecular flexibility index (Phi) is 4.44. The third-order valence-corrected chi connectivity index (χ3v) is 3.86. The lowest BCUT2D eigenvalue weighted by Gasteiger charge is -2.07. The van der Waals surface area contributed by atoms with Crippen molar-refractivity contribution in [2.45, 2.75) is 19.9 Å². The molecule has 2 heterocycles. The van der Waals surface area contributed by atoms with Gasteiger partial charge in [0, 0.05) is 17.3 Å². The van der Waals surface area contributed by atoms with Crippen molar-refractivity contribution >= 4 is 23.2 Å². The molecule has 0 bridgehead atoms. The number of benzene rings is 1. The van der Waals surface area contributed by atoms with Crippen LogP contribution in [-0.2, 0) is 6.54 Å². The maximum absolute atomic E-state index is 13.1. The largest absolute Gasteiger partial charge is 0.348 e. The highest BCUT2D eigenvalue weighted by Crippen LogP contribution is 2.22. The SMILES string of the molecule is Cc1cc(C(F)F)n2ncc(C(=O)NCc3ccccc3Cl)c2n1. The van der Waals surface area contributed by atoms with Crippen LogP contribution in [0.25, 0.3) is 5.65 Å². The predicted octanol–water partition coefficient (Wildman–Crippen LogP) is 3.56. The number of nitrogens with one attached hydrogen (secondary N) is 1. The van der Waals surface area contributed by atoms with E-state index in [9.17, 15) is 13.6 Å². The quantitative estimate of drug-likeness (QED) is 0.782. The van der Waals surface area contributed by atoms with Gasteiger partial charge in [-0.3, -0.25) is 4.79 Å².